The number of carbonyl (C=O) groups excluding carboxylic acids is 2. The summed E-state index contributed by atoms with van der Waals surface area (Å²) in [4.78, 5) is 29.6. The SMILES string of the molecule is CC(=O)N1c2ccc(NC(=O)c3[nH]c4c(Cl)cccc4c3C)cc2C[C@@H]1C. The van der Waals surface area contributed by atoms with Crippen LogP contribution < -0.4 is 10.2 Å². The van der Waals surface area contributed by atoms with Gasteiger partial charge in [-0.05, 0) is 55.7 Å². The summed E-state index contributed by atoms with van der Waals surface area (Å²) in [6.07, 6.45) is 0.777. The zero-order valence-corrected chi connectivity index (χ0v) is 16.1. The second-order valence-corrected chi connectivity index (χ2v) is 7.43. The molecule has 1 atom stereocenters. The maximum Gasteiger partial charge on any atom is 0.272 e. The van der Waals surface area contributed by atoms with E-state index in [2.05, 4.69) is 10.3 Å². The summed E-state index contributed by atoms with van der Waals surface area (Å²) in [5.41, 5.74) is 4.82. The van der Waals surface area contributed by atoms with Crippen LogP contribution >= 0.6 is 11.6 Å². The van der Waals surface area contributed by atoms with Gasteiger partial charge in [-0.15, -0.1) is 0 Å². The van der Waals surface area contributed by atoms with Crippen LogP contribution in [0.1, 0.15) is 35.5 Å². The monoisotopic (exact) mass is 381 g/mol. The Morgan fingerprint density at radius 2 is 2.04 bits per heavy atom. The van der Waals surface area contributed by atoms with Crippen molar-refractivity contribution in [2.45, 2.75) is 33.2 Å². The second-order valence-electron chi connectivity index (χ2n) is 7.03. The zero-order valence-electron chi connectivity index (χ0n) is 15.4. The maximum atomic E-state index is 12.8. The molecule has 0 radical (unpaired) electrons. The Morgan fingerprint density at radius 3 is 2.74 bits per heavy atom. The number of para-hydroxylation sites is 1. The average molecular weight is 382 g/mol. The van der Waals surface area contributed by atoms with Crippen molar-refractivity contribution in [3.8, 4) is 0 Å². The van der Waals surface area contributed by atoms with Crippen LogP contribution in [0, 0.1) is 6.92 Å². The Labute approximate surface area is 162 Å². The molecule has 2 N–H and O–H groups in total. The molecule has 0 saturated carbocycles. The largest absolute Gasteiger partial charge is 0.349 e. The molecule has 1 aliphatic rings. The predicted octanol–water partition coefficient (Wildman–Crippen LogP) is 4.68. The van der Waals surface area contributed by atoms with E-state index in [4.69, 9.17) is 11.6 Å². The van der Waals surface area contributed by atoms with Crippen LogP contribution in [0.4, 0.5) is 11.4 Å². The van der Waals surface area contributed by atoms with Gasteiger partial charge in [-0.3, -0.25) is 9.59 Å². The van der Waals surface area contributed by atoms with Crippen molar-refractivity contribution in [1.29, 1.82) is 0 Å². The quantitative estimate of drug-likeness (QED) is 0.676. The molecule has 138 valence electrons. The summed E-state index contributed by atoms with van der Waals surface area (Å²) in [6.45, 7) is 5.50. The van der Waals surface area contributed by atoms with Crippen LogP contribution in [0.5, 0.6) is 0 Å². The number of halogens is 1. The van der Waals surface area contributed by atoms with Gasteiger partial charge in [0.2, 0.25) is 5.91 Å². The van der Waals surface area contributed by atoms with Crippen LogP contribution in [0.25, 0.3) is 10.9 Å². The molecule has 2 heterocycles. The third-order valence-electron chi connectivity index (χ3n) is 5.16. The number of benzene rings is 2. The number of hydrogen-bond donors (Lipinski definition) is 2. The number of carbonyl (C=O) groups is 2. The molecule has 5 nitrogen and oxygen atoms in total. The summed E-state index contributed by atoms with van der Waals surface area (Å²) in [5, 5.41) is 4.48. The summed E-state index contributed by atoms with van der Waals surface area (Å²) in [6, 6.07) is 11.4. The number of nitrogens with zero attached hydrogens (tertiary/aromatic N) is 1. The van der Waals surface area contributed by atoms with E-state index in [9.17, 15) is 9.59 Å². The first-order chi connectivity index (χ1) is 12.9. The van der Waals surface area contributed by atoms with Gasteiger partial charge in [-0.2, -0.15) is 0 Å². The lowest BCUT2D eigenvalue weighted by Gasteiger charge is -2.20. The first-order valence-corrected chi connectivity index (χ1v) is 9.25. The van der Waals surface area contributed by atoms with Gasteiger partial charge in [-0.25, -0.2) is 0 Å². The Bertz CT molecular complexity index is 1090. The van der Waals surface area contributed by atoms with E-state index < -0.39 is 0 Å². The fourth-order valence-corrected chi connectivity index (χ4v) is 4.15. The van der Waals surface area contributed by atoms with Gasteiger partial charge in [-0.1, -0.05) is 23.7 Å². The number of anilines is 2. The van der Waals surface area contributed by atoms with Crippen molar-refractivity contribution in [3.63, 3.8) is 0 Å². The number of aromatic nitrogens is 1. The minimum absolute atomic E-state index is 0.0311. The lowest BCUT2D eigenvalue weighted by Crippen LogP contribution is -2.33. The Balaban J connectivity index is 1.63. The van der Waals surface area contributed by atoms with E-state index in [1.807, 2.05) is 44.2 Å². The van der Waals surface area contributed by atoms with Crippen LogP contribution in [0.15, 0.2) is 36.4 Å². The first-order valence-electron chi connectivity index (χ1n) is 8.87. The average Bonchev–Trinajstić information content (AvgIpc) is 3.12. The number of rotatable bonds is 2. The minimum Gasteiger partial charge on any atom is -0.349 e. The van der Waals surface area contributed by atoms with Crippen molar-refractivity contribution in [1.82, 2.24) is 4.98 Å². The van der Waals surface area contributed by atoms with Gasteiger partial charge in [0.1, 0.15) is 5.69 Å². The molecular weight excluding hydrogens is 362 g/mol. The van der Waals surface area contributed by atoms with E-state index in [0.717, 1.165) is 34.1 Å². The Hall–Kier alpha value is -2.79. The number of aryl methyl sites for hydroxylation is 1. The third kappa shape index (κ3) is 2.88. The summed E-state index contributed by atoms with van der Waals surface area (Å²) >= 11 is 6.23. The van der Waals surface area contributed by atoms with Gasteiger partial charge in [0, 0.05) is 29.7 Å². The molecule has 1 aliphatic heterocycles. The topological polar surface area (TPSA) is 65.2 Å². The molecule has 0 bridgehead atoms. The minimum atomic E-state index is -0.214. The number of nitrogens with one attached hydrogen (secondary N) is 2. The smallest absolute Gasteiger partial charge is 0.272 e. The molecule has 0 spiro atoms. The second kappa shape index (κ2) is 6.43. The molecule has 0 aliphatic carbocycles. The summed E-state index contributed by atoms with van der Waals surface area (Å²) < 4.78 is 0. The highest BCUT2D eigenvalue weighted by Gasteiger charge is 2.29. The lowest BCUT2D eigenvalue weighted by atomic mass is 10.1. The van der Waals surface area contributed by atoms with Crippen LogP contribution in [-0.2, 0) is 11.2 Å². The number of fused-ring (bicyclic) bond motifs is 2. The van der Waals surface area contributed by atoms with Crippen molar-refractivity contribution in [2.75, 3.05) is 10.2 Å². The predicted molar refractivity (Wildman–Crippen MR) is 109 cm³/mol. The highest BCUT2D eigenvalue weighted by molar-refractivity contribution is 6.35. The highest BCUT2D eigenvalue weighted by atomic mass is 35.5. The van der Waals surface area contributed by atoms with E-state index in [1.54, 1.807) is 17.9 Å². The number of hydrogen-bond acceptors (Lipinski definition) is 2. The molecule has 0 unspecified atom stereocenters. The third-order valence-corrected chi connectivity index (χ3v) is 5.48. The molecule has 4 rings (SSSR count). The maximum absolute atomic E-state index is 12.8. The normalized spacial score (nSPS) is 15.9. The molecule has 6 heteroatoms. The van der Waals surface area contributed by atoms with Crippen molar-refractivity contribution >= 4 is 45.7 Å². The van der Waals surface area contributed by atoms with Crippen molar-refractivity contribution in [2.24, 2.45) is 0 Å². The fraction of sp³-hybridized carbons (Fsp3) is 0.238. The number of amides is 2. The van der Waals surface area contributed by atoms with Gasteiger partial charge < -0.3 is 15.2 Å². The fourth-order valence-electron chi connectivity index (χ4n) is 3.93. The van der Waals surface area contributed by atoms with Gasteiger partial charge >= 0.3 is 0 Å². The molecule has 0 fully saturated rings. The molecule has 2 aromatic carbocycles. The van der Waals surface area contributed by atoms with Crippen molar-refractivity contribution in [3.05, 3.63) is 58.2 Å². The molecule has 3 aromatic rings. The highest BCUT2D eigenvalue weighted by Crippen LogP contribution is 2.34. The van der Waals surface area contributed by atoms with E-state index in [0.29, 0.717) is 16.4 Å². The molecule has 27 heavy (non-hydrogen) atoms. The Kier molecular flexibility index (Phi) is 4.19. The molecule has 2 amide bonds. The first kappa shape index (κ1) is 17.6. The summed E-state index contributed by atoms with van der Waals surface area (Å²) in [5.74, 6) is -0.183. The van der Waals surface area contributed by atoms with E-state index in [-0.39, 0.29) is 17.9 Å². The number of aromatic amines is 1. The van der Waals surface area contributed by atoms with Crippen LogP contribution in [0.3, 0.4) is 0 Å². The van der Waals surface area contributed by atoms with Crippen LogP contribution in [-0.4, -0.2) is 22.8 Å². The zero-order chi connectivity index (χ0) is 19.3. The van der Waals surface area contributed by atoms with Gasteiger partial charge in [0.05, 0.1) is 10.5 Å². The Morgan fingerprint density at radius 1 is 1.26 bits per heavy atom. The van der Waals surface area contributed by atoms with Gasteiger partial charge in [0.25, 0.3) is 5.91 Å². The van der Waals surface area contributed by atoms with Crippen LogP contribution in [0.2, 0.25) is 5.02 Å². The van der Waals surface area contributed by atoms with Gasteiger partial charge in [0.15, 0.2) is 0 Å². The van der Waals surface area contributed by atoms with Crippen molar-refractivity contribution < 1.29 is 9.59 Å². The molecule has 0 saturated heterocycles. The standard InChI is InChI=1S/C21H20ClN3O2/c1-11-9-14-10-15(7-8-18(14)25(11)13(3)26)23-21(27)19-12(2)16-5-4-6-17(22)20(16)24-19/h4-8,10-11,24H,9H2,1-3H3,(H,23,27)/t11-/m0/s1. The molecular formula is C21H20ClN3O2. The lowest BCUT2D eigenvalue weighted by molar-refractivity contribution is -0.116. The van der Waals surface area contributed by atoms with E-state index >= 15 is 0 Å². The van der Waals surface area contributed by atoms with E-state index in [1.165, 1.54) is 0 Å². The summed E-state index contributed by atoms with van der Waals surface area (Å²) in [7, 11) is 0. The molecule has 1 aromatic heterocycles. The number of H-pyrrole nitrogens is 1.